The third-order valence-electron chi connectivity index (χ3n) is 4.98. The first-order chi connectivity index (χ1) is 10.6. The Morgan fingerprint density at radius 2 is 1.86 bits per heavy atom. The van der Waals surface area contributed by atoms with Crippen molar-refractivity contribution in [1.82, 2.24) is 15.5 Å². The van der Waals surface area contributed by atoms with Gasteiger partial charge in [0.05, 0.1) is 0 Å². The van der Waals surface area contributed by atoms with Crippen LogP contribution in [0.3, 0.4) is 0 Å². The average Bonchev–Trinajstić information content (AvgIpc) is 2.96. The highest BCUT2D eigenvalue weighted by molar-refractivity contribution is 5.81. The minimum Gasteiger partial charge on any atom is -0.353 e. The lowest BCUT2D eigenvalue weighted by Crippen LogP contribution is -2.45. The van der Waals surface area contributed by atoms with Crippen molar-refractivity contribution in [2.24, 2.45) is 5.92 Å². The van der Waals surface area contributed by atoms with Gasteiger partial charge in [0.2, 0.25) is 11.8 Å². The molecule has 0 bridgehead atoms. The molecule has 2 N–H and O–H groups in total. The summed E-state index contributed by atoms with van der Waals surface area (Å²) in [5, 5.41) is 6.21. The molecule has 2 atom stereocenters. The van der Waals surface area contributed by atoms with E-state index >= 15 is 0 Å². The van der Waals surface area contributed by atoms with Crippen LogP contribution in [0, 0.1) is 5.92 Å². The molecule has 1 aliphatic carbocycles. The van der Waals surface area contributed by atoms with Gasteiger partial charge in [-0.1, -0.05) is 19.3 Å². The van der Waals surface area contributed by atoms with E-state index in [2.05, 4.69) is 10.6 Å². The van der Waals surface area contributed by atoms with Gasteiger partial charge >= 0.3 is 0 Å². The number of carbonyl (C=O) groups excluding carboxylic acids is 2. The van der Waals surface area contributed by atoms with Crippen LogP contribution in [-0.4, -0.2) is 48.9 Å². The molecule has 2 fully saturated rings. The van der Waals surface area contributed by atoms with Gasteiger partial charge in [-0.2, -0.15) is 0 Å². The van der Waals surface area contributed by atoms with Crippen LogP contribution < -0.4 is 10.6 Å². The molecule has 5 heteroatoms. The standard InChI is InChI=1S/C17H31N3O2/c1-13(19-17(22)14-7-4-3-5-8-14)11-16(21)20-10-6-9-15(20)12-18-2/h13-15,18H,3-12H2,1-2H3,(H,19,22). The Labute approximate surface area is 134 Å². The van der Waals surface area contributed by atoms with Crippen molar-refractivity contribution in [3.63, 3.8) is 0 Å². The summed E-state index contributed by atoms with van der Waals surface area (Å²) in [4.78, 5) is 26.7. The summed E-state index contributed by atoms with van der Waals surface area (Å²) in [5.41, 5.74) is 0. The molecule has 1 saturated carbocycles. The maximum absolute atomic E-state index is 12.4. The second-order valence-corrected chi connectivity index (χ2v) is 6.89. The Morgan fingerprint density at radius 1 is 1.14 bits per heavy atom. The molecule has 22 heavy (non-hydrogen) atoms. The molecular formula is C17H31N3O2. The van der Waals surface area contributed by atoms with E-state index in [0.717, 1.165) is 51.6 Å². The summed E-state index contributed by atoms with van der Waals surface area (Å²) in [6.07, 6.45) is 8.15. The highest BCUT2D eigenvalue weighted by atomic mass is 16.2. The minimum absolute atomic E-state index is 0.0715. The van der Waals surface area contributed by atoms with Crippen LogP contribution in [-0.2, 0) is 9.59 Å². The van der Waals surface area contributed by atoms with Gasteiger partial charge in [-0.25, -0.2) is 0 Å². The molecule has 0 radical (unpaired) electrons. The zero-order valence-corrected chi connectivity index (χ0v) is 14.1. The summed E-state index contributed by atoms with van der Waals surface area (Å²) in [7, 11) is 1.92. The van der Waals surface area contributed by atoms with E-state index < -0.39 is 0 Å². The van der Waals surface area contributed by atoms with Crippen molar-refractivity contribution in [2.45, 2.75) is 70.4 Å². The van der Waals surface area contributed by atoms with Crippen LogP contribution in [0.15, 0.2) is 0 Å². The lowest BCUT2D eigenvalue weighted by molar-refractivity contribution is -0.133. The smallest absolute Gasteiger partial charge is 0.224 e. The van der Waals surface area contributed by atoms with Gasteiger partial charge in [0.1, 0.15) is 0 Å². The molecule has 2 unspecified atom stereocenters. The van der Waals surface area contributed by atoms with Crippen molar-refractivity contribution in [1.29, 1.82) is 0 Å². The van der Waals surface area contributed by atoms with Gasteiger partial charge in [0.15, 0.2) is 0 Å². The number of hydrogen-bond donors (Lipinski definition) is 2. The third kappa shape index (κ3) is 4.70. The van der Waals surface area contributed by atoms with Crippen molar-refractivity contribution in [3.8, 4) is 0 Å². The first kappa shape index (κ1) is 17.3. The fourth-order valence-electron chi connectivity index (χ4n) is 3.77. The Morgan fingerprint density at radius 3 is 2.55 bits per heavy atom. The summed E-state index contributed by atoms with van der Waals surface area (Å²) in [6.45, 7) is 3.66. The maximum atomic E-state index is 12.4. The van der Waals surface area contributed by atoms with Crippen molar-refractivity contribution < 1.29 is 9.59 Å². The van der Waals surface area contributed by atoms with E-state index in [4.69, 9.17) is 0 Å². The molecule has 0 spiro atoms. The molecule has 5 nitrogen and oxygen atoms in total. The lowest BCUT2D eigenvalue weighted by Gasteiger charge is -2.27. The molecule has 0 aromatic rings. The average molecular weight is 309 g/mol. The lowest BCUT2D eigenvalue weighted by atomic mass is 9.88. The van der Waals surface area contributed by atoms with Crippen LogP contribution >= 0.6 is 0 Å². The molecular weight excluding hydrogens is 278 g/mol. The topological polar surface area (TPSA) is 61.4 Å². The van der Waals surface area contributed by atoms with Crippen LogP contribution in [0.1, 0.15) is 58.3 Å². The Bertz CT molecular complexity index is 380. The summed E-state index contributed by atoms with van der Waals surface area (Å²) < 4.78 is 0. The fraction of sp³-hybridized carbons (Fsp3) is 0.882. The summed E-state index contributed by atoms with van der Waals surface area (Å²) >= 11 is 0. The van der Waals surface area contributed by atoms with E-state index in [0.29, 0.717) is 12.5 Å². The van der Waals surface area contributed by atoms with Gasteiger partial charge in [-0.3, -0.25) is 9.59 Å². The van der Waals surface area contributed by atoms with E-state index in [1.54, 1.807) is 0 Å². The molecule has 1 aliphatic heterocycles. The highest BCUT2D eigenvalue weighted by Gasteiger charge is 2.29. The zero-order chi connectivity index (χ0) is 15.9. The van der Waals surface area contributed by atoms with Gasteiger partial charge in [-0.05, 0) is 39.7 Å². The number of carbonyl (C=O) groups is 2. The summed E-state index contributed by atoms with van der Waals surface area (Å²) in [6, 6.07) is 0.247. The normalized spacial score (nSPS) is 24.3. The predicted octanol–water partition coefficient (Wildman–Crippen LogP) is 1.67. The first-order valence-corrected chi connectivity index (χ1v) is 8.86. The fourth-order valence-corrected chi connectivity index (χ4v) is 3.77. The second kappa shape index (κ2) is 8.51. The Hall–Kier alpha value is -1.10. The molecule has 2 aliphatic rings. The number of nitrogens with zero attached hydrogens (tertiary/aromatic N) is 1. The van der Waals surface area contributed by atoms with Crippen molar-refractivity contribution in [2.75, 3.05) is 20.1 Å². The quantitative estimate of drug-likeness (QED) is 0.784. The van der Waals surface area contributed by atoms with Crippen LogP contribution in [0.2, 0.25) is 0 Å². The van der Waals surface area contributed by atoms with E-state index in [1.165, 1.54) is 6.42 Å². The molecule has 1 heterocycles. The highest BCUT2D eigenvalue weighted by Crippen LogP contribution is 2.24. The number of likely N-dealkylation sites (tertiary alicyclic amines) is 1. The third-order valence-corrected chi connectivity index (χ3v) is 4.98. The second-order valence-electron chi connectivity index (χ2n) is 6.89. The number of rotatable bonds is 6. The van der Waals surface area contributed by atoms with Crippen LogP contribution in [0.25, 0.3) is 0 Å². The zero-order valence-electron chi connectivity index (χ0n) is 14.1. The Balaban J connectivity index is 1.76. The monoisotopic (exact) mass is 309 g/mol. The molecule has 1 saturated heterocycles. The number of hydrogen-bond acceptors (Lipinski definition) is 3. The molecule has 0 aromatic heterocycles. The number of amides is 2. The van der Waals surface area contributed by atoms with Gasteiger partial charge in [-0.15, -0.1) is 0 Å². The SMILES string of the molecule is CNCC1CCCN1C(=O)CC(C)NC(=O)C1CCCCC1. The minimum atomic E-state index is -0.0715. The Kier molecular flexibility index (Phi) is 6.68. The molecule has 2 amide bonds. The van der Waals surface area contributed by atoms with E-state index in [1.807, 2.05) is 18.9 Å². The largest absolute Gasteiger partial charge is 0.353 e. The predicted molar refractivity (Wildman–Crippen MR) is 87.5 cm³/mol. The number of nitrogens with one attached hydrogen (secondary N) is 2. The van der Waals surface area contributed by atoms with Gasteiger partial charge < -0.3 is 15.5 Å². The molecule has 126 valence electrons. The molecule has 0 aromatic carbocycles. The van der Waals surface area contributed by atoms with Gasteiger partial charge in [0.25, 0.3) is 0 Å². The maximum Gasteiger partial charge on any atom is 0.224 e. The van der Waals surface area contributed by atoms with Crippen molar-refractivity contribution in [3.05, 3.63) is 0 Å². The first-order valence-electron chi connectivity index (χ1n) is 8.86. The van der Waals surface area contributed by atoms with Crippen LogP contribution in [0.5, 0.6) is 0 Å². The van der Waals surface area contributed by atoms with Gasteiger partial charge in [0, 0.05) is 37.5 Å². The summed E-state index contributed by atoms with van der Waals surface area (Å²) in [5.74, 6) is 0.484. The molecule has 2 rings (SSSR count). The van der Waals surface area contributed by atoms with E-state index in [-0.39, 0.29) is 23.8 Å². The van der Waals surface area contributed by atoms with E-state index in [9.17, 15) is 9.59 Å². The number of likely N-dealkylation sites (N-methyl/N-ethyl adjacent to an activating group) is 1. The van der Waals surface area contributed by atoms with Crippen molar-refractivity contribution >= 4 is 11.8 Å². The van der Waals surface area contributed by atoms with Crippen LogP contribution in [0.4, 0.5) is 0 Å².